The van der Waals surface area contributed by atoms with E-state index in [1.807, 2.05) is 6.07 Å². The van der Waals surface area contributed by atoms with Crippen molar-refractivity contribution in [3.05, 3.63) is 118 Å². The third kappa shape index (κ3) is 6.09. The first-order valence-corrected chi connectivity index (χ1v) is 11.4. The fourth-order valence-electron chi connectivity index (χ4n) is 3.92. The Morgan fingerprint density at radius 2 is 1.34 bits per heavy atom. The largest absolute Gasteiger partial charge is 0.385 e. The summed E-state index contributed by atoms with van der Waals surface area (Å²) < 4.78 is 60.5. The zero-order chi connectivity index (χ0) is 24.8. The van der Waals surface area contributed by atoms with Crippen molar-refractivity contribution in [1.82, 2.24) is 0 Å². The molecule has 0 aliphatic heterocycles. The van der Waals surface area contributed by atoms with Crippen LogP contribution in [0.1, 0.15) is 34.2 Å². The molecule has 5 heteroatoms. The summed E-state index contributed by atoms with van der Waals surface area (Å²) in [5, 5.41) is 0.151. The van der Waals surface area contributed by atoms with Gasteiger partial charge >= 0.3 is 0 Å². The average Bonchev–Trinajstić information content (AvgIpc) is 2.86. The molecule has 0 radical (unpaired) electrons. The molecule has 0 aliphatic carbocycles. The van der Waals surface area contributed by atoms with E-state index in [4.69, 9.17) is 4.74 Å². The van der Waals surface area contributed by atoms with Crippen LogP contribution in [0.25, 0.3) is 10.8 Å². The second-order valence-corrected chi connectivity index (χ2v) is 8.40. The van der Waals surface area contributed by atoms with Crippen LogP contribution in [0.2, 0.25) is 0 Å². The van der Waals surface area contributed by atoms with Gasteiger partial charge in [0, 0.05) is 24.7 Å². The monoisotopic (exact) mass is 476 g/mol. The van der Waals surface area contributed by atoms with Crippen molar-refractivity contribution < 1.29 is 22.3 Å². The highest BCUT2D eigenvalue weighted by Crippen LogP contribution is 2.24. The molecule has 0 N–H and O–H groups in total. The van der Waals surface area contributed by atoms with Gasteiger partial charge in [-0.15, -0.1) is 0 Å². The number of rotatable bonds is 7. The Morgan fingerprint density at radius 1 is 0.657 bits per heavy atom. The number of hydrogen-bond acceptors (Lipinski definition) is 1. The molecule has 0 atom stereocenters. The van der Waals surface area contributed by atoms with Crippen LogP contribution >= 0.6 is 0 Å². The summed E-state index contributed by atoms with van der Waals surface area (Å²) in [6, 6.07) is 18.6. The van der Waals surface area contributed by atoms with Crippen LogP contribution in [-0.2, 0) is 24.0 Å². The number of benzene rings is 4. The van der Waals surface area contributed by atoms with E-state index < -0.39 is 23.3 Å². The lowest BCUT2D eigenvalue weighted by Crippen LogP contribution is -1.95. The predicted octanol–water partition coefficient (Wildman–Crippen LogP) is 7.16. The Bertz CT molecular complexity index is 1400. The second kappa shape index (κ2) is 11.2. The normalized spacial score (nSPS) is 10.9. The van der Waals surface area contributed by atoms with Gasteiger partial charge in [-0.1, -0.05) is 48.2 Å². The van der Waals surface area contributed by atoms with Crippen LogP contribution in [-0.4, -0.2) is 13.7 Å². The summed E-state index contributed by atoms with van der Waals surface area (Å²) in [5.41, 5.74) is 4.00. The second-order valence-electron chi connectivity index (χ2n) is 8.40. The molecule has 35 heavy (non-hydrogen) atoms. The highest BCUT2D eigenvalue weighted by Gasteiger charge is 2.13. The van der Waals surface area contributed by atoms with Gasteiger partial charge in [-0.3, -0.25) is 0 Å². The summed E-state index contributed by atoms with van der Waals surface area (Å²) in [6.45, 7) is 0.747. The molecule has 0 aromatic heterocycles. The summed E-state index contributed by atoms with van der Waals surface area (Å²) in [4.78, 5) is 0. The maximum Gasteiger partial charge on any atom is 0.195 e. The van der Waals surface area contributed by atoms with E-state index in [2.05, 4.69) is 36.1 Å². The third-order valence-electron chi connectivity index (χ3n) is 5.89. The van der Waals surface area contributed by atoms with Crippen molar-refractivity contribution in [2.75, 3.05) is 13.7 Å². The molecule has 0 amide bonds. The number of ether oxygens (including phenoxy) is 1. The number of hydrogen-bond donors (Lipinski definition) is 0. The Labute approximate surface area is 202 Å². The van der Waals surface area contributed by atoms with Crippen molar-refractivity contribution in [2.45, 2.75) is 25.7 Å². The van der Waals surface area contributed by atoms with Gasteiger partial charge in [0.25, 0.3) is 0 Å². The van der Waals surface area contributed by atoms with Gasteiger partial charge in [-0.2, -0.15) is 0 Å². The number of methoxy groups -OCH3 is 1. The van der Waals surface area contributed by atoms with Gasteiger partial charge in [0.2, 0.25) is 0 Å². The Hall–Kier alpha value is -3.62. The first-order chi connectivity index (χ1) is 16.9. The number of fused-ring (bicyclic) bond motifs is 1. The number of aryl methyl sites for hydroxylation is 3. The van der Waals surface area contributed by atoms with Crippen LogP contribution in [0.5, 0.6) is 0 Å². The van der Waals surface area contributed by atoms with E-state index in [-0.39, 0.29) is 16.3 Å². The molecule has 4 rings (SSSR count). The summed E-state index contributed by atoms with van der Waals surface area (Å²) in [7, 11) is 1.70. The molecule has 178 valence electrons. The summed E-state index contributed by atoms with van der Waals surface area (Å²) in [5.74, 6) is 1.14. The minimum absolute atomic E-state index is 0.0364. The molecule has 0 unspecified atom stereocenters. The molecule has 0 saturated carbocycles. The zero-order valence-corrected chi connectivity index (χ0v) is 19.3. The first-order valence-electron chi connectivity index (χ1n) is 11.4. The van der Waals surface area contributed by atoms with Crippen LogP contribution < -0.4 is 0 Å². The molecular weight excluding hydrogens is 452 g/mol. The van der Waals surface area contributed by atoms with E-state index in [0.29, 0.717) is 12.0 Å². The van der Waals surface area contributed by atoms with Crippen LogP contribution in [0.15, 0.2) is 66.7 Å². The van der Waals surface area contributed by atoms with E-state index in [9.17, 15) is 17.6 Å². The molecule has 0 spiro atoms. The van der Waals surface area contributed by atoms with Crippen LogP contribution in [0.3, 0.4) is 0 Å². The lowest BCUT2D eigenvalue weighted by Gasteiger charge is -2.06. The SMILES string of the molecule is COCCCc1ccc(CCc2ccc(C#Cc3ccc4c(F)c(F)c(F)cc4c3)c(F)c2)cc1. The highest BCUT2D eigenvalue weighted by molar-refractivity contribution is 5.84. The first kappa shape index (κ1) is 24.5. The molecule has 0 saturated heterocycles. The molecule has 0 aliphatic rings. The molecule has 4 aromatic rings. The van der Waals surface area contributed by atoms with Gasteiger partial charge in [0.05, 0.1) is 5.56 Å². The van der Waals surface area contributed by atoms with Gasteiger partial charge in [-0.05, 0) is 78.1 Å². The minimum atomic E-state index is -1.51. The Kier molecular flexibility index (Phi) is 7.84. The topological polar surface area (TPSA) is 9.23 Å². The van der Waals surface area contributed by atoms with Crippen LogP contribution in [0.4, 0.5) is 17.6 Å². The average molecular weight is 477 g/mol. The van der Waals surface area contributed by atoms with E-state index in [1.54, 1.807) is 13.2 Å². The molecule has 1 nitrogen and oxygen atoms in total. The maximum atomic E-state index is 14.6. The summed E-state index contributed by atoms with van der Waals surface area (Å²) in [6.07, 6.45) is 3.47. The standard InChI is InChI=1S/C30H24F4O/c1-35-16-2-3-20-4-6-21(7-5-20)8-9-23-11-14-24(27(31)18-23)13-10-22-12-15-26-25(17-22)19-28(32)30(34)29(26)33/h4-7,11-12,14-15,17-19H,2-3,8-9,16H2,1H3. The van der Waals surface area contributed by atoms with E-state index in [0.717, 1.165) is 37.5 Å². The third-order valence-corrected chi connectivity index (χ3v) is 5.89. The van der Waals surface area contributed by atoms with Gasteiger partial charge in [0.15, 0.2) is 17.5 Å². The van der Waals surface area contributed by atoms with Crippen molar-refractivity contribution >= 4 is 10.8 Å². The maximum absolute atomic E-state index is 14.6. The fourth-order valence-corrected chi connectivity index (χ4v) is 3.92. The van der Waals surface area contributed by atoms with Crippen LogP contribution in [0, 0.1) is 35.1 Å². The highest BCUT2D eigenvalue weighted by atomic mass is 19.2. The predicted molar refractivity (Wildman–Crippen MR) is 130 cm³/mol. The lowest BCUT2D eigenvalue weighted by atomic mass is 10.0. The van der Waals surface area contributed by atoms with Crippen molar-refractivity contribution in [3.63, 3.8) is 0 Å². The van der Waals surface area contributed by atoms with Crippen molar-refractivity contribution in [1.29, 1.82) is 0 Å². The molecule has 0 fully saturated rings. The van der Waals surface area contributed by atoms with Gasteiger partial charge < -0.3 is 4.74 Å². The van der Waals surface area contributed by atoms with E-state index >= 15 is 0 Å². The van der Waals surface area contributed by atoms with Crippen molar-refractivity contribution in [2.24, 2.45) is 0 Å². The quantitative estimate of drug-likeness (QED) is 0.119. The smallest absolute Gasteiger partial charge is 0.195 e. The zero-order valence-electron chi connectivity index (χ0n) is 19.3. The van der Waals surface area contributed by atoms with Gasteiger partial charge in [0.1, 0.15) is 5.82 Å². The lowest BCUT2D eigenvalue weighted by molar-refractivity contribution is 0.195. The number of halogens is 4. The molecule has 0 bridgehead atoms. The van der Waals surface area contributed by atoms with Gasteiger partial charge in [-0.25, -0.2) is 17.6 Å². The van der Waals surface area contributed by atoms with E-state index in [1.165, 1.54) is 35.4 Å². The molecule has 0 heterocycles. The molecular formula is C30H24F4O. The Morgan fingerprint density at radius 3 is 2.06 bits per heavy atom. The minimum Gasteiger partial charge on any atom is -0.385 e. The summed E-state index contributed by atoms with van der Waals surface area (Å²) >= 11 is 0. The van der Waals surface area contributed by atoms with Crippen molar-refractivity contribution in [3.8, 4) is 11.8 Å². The fraction of sp³-hybridized carbons (Fsp3) is 0.200. The molecule has 4 aromatic carbocycles. The Balaban J connectivity index is 1.41.